The lowest BCUT2D eigenvalue weighted by molar-refractivity contribution is 0.133. The Balaban J connectivity index is 1.70. The monoisotopic (exact) mass is 261 g/mol. The number of hydrogen-bond donors (Lipinski definition) is 1. The highest BCUT2D eigenvalue weighted by Gasteiger charge is 2.29. The Bertz CT molecular complexity index is 422. The first-order valence-corrected chi connectivity index (χ1v) is 7.41. The fourth-order valence-corrected chi connectivity index (χ4v) is 3.16. The van der Waals surface area contributed by atoms with Crippen molar-refractivity contribution in [3.63, 3.8) is 0 Å². The molecule has 1 aromatic rings. The van der Waals surface area contributed by atoms with Crippen molar-refractivity contribution >= 4 is 11.6 Å². The molecule has 0 bridgehead atoms. The molecule has 0 aliphatic carbocycles. The lowest BCUT2D eigenvalue weighted by atomic mass is 9.99. The summed E-state index contributed by atoms with van der Waals surface area (Å²) in [4.78, 5) is 13.7. The van der Waals surface area contributed by atoms with E-state index in [0.29, 0.717) is 0 Å². The van der Waals surface area contributed by atoms with Gasteiger partial charge in [0.25, 0.3) is 0 Å². The molecule has 3 rings (SSSR count). The molecule has 0 radical (unpaired) electrons. The Kier molecular flexibility index (Phi) is 3.82. The lowest BCUT2D eigenvalue weighted by Gasteiger charge is -2.44. The largest absolute Gasteiger partial charge is 0.370 e. The third kappa shape index (κ3) is 2.81. The first-order valence-electron chi connectivity index (χ1n) is 7.41. The van der Waals surface area contributed by atoms with Crippen molar-refractivity contribution in [2.75, 3.05) is 42.9 Å². The van der Waals surface area contributed by atoms with Crippen LogP contribution in [0.5, 0.6) is 0 Å². The van der Waals surface area contributed by atoms with Gasteiger partial charge in [0.1, 0.15) is 18.0 Å². The van der Waals surface area contributed by atoms with E-state index in [1.165, 1.54) is 32.4 Å². The van der Waals surface area contributed by atoms with Gasteiger partial charge in [0, 0.05) is 38.3 Å². The van der Waals surface area contributed by atoms with E-state index in [9.17, 15) is 0 Å². The molecule has 2 fully saturated rings. The summed E-state index contributed by atoms with van der Waals surface area (Å²) in [5, 5.41) is 3.26. The van der Waals surface area contributed by atoms with Crippen molar-refractivity contribution in [1.82, 2.24) is 14.9 Å². The van der Waals surface area contributed by atoms with Crippen LogP contribution in [0.2, 0.25) is 0 Å². The third-order valence-electron chi connectivity index (χ3n) is 4.17. The number of fused-ring (bicyclic) bond motifs is 1. The predicted octanol–water partition coefficient (Wildman–Crippen LogP) is 1.58. The van der Waals surface area contributed by atoms with Crippen molar-refractivity contribution in [1.29, 1.82) is 0 Å². The Morgan fingerprint density at radius 1 is 1.26 bits per heavy atom. The normalized spacial score (nSPS) is 24.1. The summed E-state index contributed by atoms with van der Waals surface area (Å²) >= 11 is 0. The number of piperidine rings is 1. The average molecular weight is 261 g/mol. The van der Waals surface area contributed by atoms with Crippen LogP contribution in [0.4, 0.5) is 11.6 Å². The van der Waals surface area contributed by atoms with Crippen LogP contribution in [0, 0.1) is 0 Å². The van der Waals surface area contributed by atoms with Crippen LogP contribution in [0.1, 0.15) is 26.2 Å². The summed E-state index contributed by atoms with van der Waals surface area (Å²) in [6.45, 7) is 7.63. The van der Waals surface area contributed by atoms with Crippen molar-refractivity contribution in [2.45, 2.75) is 32.2 Å². The molecule has 19 heavy (non-hydrogen) atoms. The highest BCUT2D eigenvalue weighted by atomic mass is 15.3. The second-order valence-corrected chi connectivity index (χ2v) is 5.42. The molecule has 0 aromatic carbocycles. The number of aromatic nitrogens is 2. The van der Waals surface area contributed by atoms with Gasteiger partial charge in [-0.15, -0.1) is 0 Å². The summed E-state index contributed by atoms with van der Waals surface area (Å²) in [6, 6.07) is 2.79. The maximum absolute atomic E-state index is 4.44. The number of piperazine rings is 1. The summed E-state index contributed by atoms with van der Waals surface area (Å²) in [5.74, 6) is 2.00. The van der Waals surface area contributed by atoms with Gasteiger partial charge in [-0.2, -0.15) is 0 Å². The standard InChI is InChI=1S/C14H23N5/c1-2-15-13-9-14(17-11-16-13)19-8-7-18-6-4-3-5-12(18)10-19/h9,11-12H,2-8,10H2,1H3,(H,15,16,17). The Morgan fingerprint density at radius 3 is 3.11 bits per heavy atom. The van der Waals surface area contributed by atoms with Gasteiger partial charge in [0.15, 0.2) is 0 Å². The molecule has 1 atom stereocenters. The molecule has 0 spiro atoms. The van der Waals surface area contributed by atoms with Gasteiger partial charge in [0.2, 0.25) is 0 Å². The van der Waals surface area contributed by atoms with Crippen LogP contribution in [0.25, 0.3) is 0 Å². The second-order valence-electron chi connectivity index (χ2n) is 5.42. The minimum atomic E-state index is 0.722. The zero-order chi connectivity index (χ0) is 13.1. The van der Waals surface area contributed by atoms with E-state index in [0.717, 1.165) is 37.3 Å². The Labute approximate surface area is 115 Å². The van der Waals surface area contributed by atoms with Crippen LogP contribution in [0.15, 0.2) is 12.4 Å². The highest BCUT2D eigenvalue weighted by Crippen LogP contribution is 2.24. The molecule has 0 saturated carbocycles. The van der Waals surface area contributed by atoms with Crippen molar-refractivity contribution in [3.05, 3.63) is 12.4 Å². The average Bonchev–Trinajstić information content (AvgIpc) is 2.47. The SMILES string of the molecule is CCNc1cc(N2CCN3CCCCC3C2)ncn1. The van der Waals surface area contributed by atoms with E-state index in [1.54, 1.807) is 6.33 Å². The van der Waals surface area contributed by atoms with Crippen molar-refractivity contribution in [3.8, 4) is 0 Å². The molecule has 5 heteroatoms. The predicted molar refractivity (Wildman–Crippen MR) is 77.6 cm³/mol. The van der Waals surface area contributed by atoms with Gasteiger partial charge >= 0.3 is 0 Å². The van der Waals surface area contributed by atoms with E-state index in [-0.39, 0.29) is 0 Å². The molecular weight excluding hydrogens is 238 g/mol. The van der Waals surface area contributed by atoms with Gasteiger partial charge < -0.3 is 10.2 Å². The van der Waals surface area contributed by atoms with Crippen LogP contribution in [-0.2, 0) is 0 Å². The molecule has 1 N–H and O–H groups in total. The third-order valence-corrected chi connectivity index (χ3v) is 4.17. The summed E-state index contributed by atoms with van der Waals surface area (Å²) in [5.41, 5.74) is 0. The number of nitrogens with zero attached hydrogens (tertiary/aromatic N) is 4. The zero-order valence-corrected chi connectivity index (χ0v) is 11.7. The van der Waals surface area contributed by atoms with Gasteiger partial charge in [0.05, 0.1) is 0 Å². The zero-order valence-electron chi connectivity index (χ0n) is 11.7. The maximum Gasteiger partial charge on any atom is 0.134 e. The Hall–Kier alpha value is -1.36. The smallest absolute Gasteiger partial charge is 0.134 e. The molecule has 1 aromatic heterocycles. The van der Waals surface area contributed by atoms with Crippen LogP contribution >= 0.6 is 0 Å². The van der Waals surface area contributed by atoms with E-state index < -0.39 is 0 Å². The highest BCUT2D eigenvalue weighted by molar-refractivity contribution is 5.48. The molecule has 1 unspecified atom stereocenters. The number of hydrogen-bond acceptors (Lipinski definition) is 5. The van der Waals surface area contributed by atoms with Crippen LogP contribution in [0.3, 0.4) is 0 Å². The summed E-state index contributed by atoms with van der Waals surface area (Å²) in [6.07, 6.45) is 5.75. The minimum absolute atomic E-state index is 0.722. The Morgan fingerprint density at radius 2 is 2.21 bits per heavy atom. The number of rotatable bonds is 3. The van der Waals surface area contributed by atoms with E-state index >= 15 is 0 Å². The summed E-state index contributed by atoms with van der Waals surface area (Å²) in [7, 11) is 0. The fraction of sp³-hybridized carbons (Fsp3) is 0.714. The van der Waals surface area contributed by atoms with E-state index in [1.807, 2.05) is 0 Å². The van der Waals surface area contributed by atoms with Gasteiger partial charge in [-0.3, -0.25) is 4.90 Å². The van der Waals surface area contributed by atoms with Crippen molar-refractivity contribution in [2.24, 2.45) is 0 Å². The van der Waals surface area contributed by atoms with E-state index in [4.69, 9.17) is 0 Å². The summed E-state index contributed by atoms with van der Waals surface area (Å²) < 4.78 is 0. The van der Waals surface area contributed by atoms with Crippen molar-refractivity contribution < 1.29 is 0 Å². The lowest BCUT2D eigenvalue weighted by Crippen LogP contribution is -2.55. The van der Waals surface area contributed by atoms with Crippen LogP contribution in [-0.4, -0.2) is 53.6 Å². The first-order chi connectivity index (χ1) is 9.36. The van der Waals surface area contributed by atoms with Gasteiger partial charge in [-0.05, 0) is 26.3 Å². The molecular formula is C14H23N5. The molecule has 104 valence electrons. The fourth-order valence-electron chi connectivity index (χ4n) is 3.16. The van der Waals surface area contributed by atoms with E-state index in [2.05, 4.69) is 38.1 Å². The van der Waals surface area contributed by atoms with Crippen LogP contribution < -0.4 is 10.2 Å². The molecule has 2 aliphatic heterocycles. The molecule has 0 amide bonds. The van der Waals surface area contributed by atoms with Gasteiger partial charge in [-0.25, -0.2) is 9.97 Å². The minimum Gasteiger partial charge on any atom is -0.370 e. The number of anilines is 2. The number of nitrogens with one attached hydrogen (secondary N) is 1. The quantitative estimate of drug-likeness (QED) is 0.895. The van der Waals surface area contributed by atoms with Gasteiger partial charge in [-0.1, -0.05) is 6.42 Å². The molecule has 3 heterocycles. The molecule has 2 saturated heterocycles. The second kappa shape index (κ2) is 5.74. The topological polar surface area (TPSA) is 44.3 Å². The first kappa shape index (κ1) is 12.7. The maximum atomic E-state index is 4.44. The molecule has 5 nitrogen and oxygen atoms in total. The molecule has 2 aliphatic rings.